The lowest BCUT2D eigenvalue weighted by atomic mass is 10.1. The van der Waals surface area contributed by atoms with Crippen LogP contribution < -0.4 is 4.84 Å². The van der Waals surface area contributed by atoms with Gasteiger partial charge in [0.25, 0.3) is 0 Å². The lowest BCUT2D eigenvalue weighted by Crippen LogP contribution is -2.23. The summed E-state index contributed by atoms with van der Waals surface area (Å²) in [6.07, 6.45) is 1.76. The van der Waals surface area contributed by atoms with Crippen LogP contribution in [0.3, 0.4) is 0 Å². The molecule has 0 atom stereocenters. The molecule has 0 aliphatic heterocycles. The van der Waals surface area contributed by atoms with Crippen LogP contribution in [0, 0.1) is 6.92 Å². The van der Waals surface area contributed by atoms with Crippen LogP contribution in [-0.2, 0) is 4.79 Å². The molecule has 1 aromatic carbocycles. The maximum Gasteiger partial charge on any atom is 0.332 e. The standard InChI is InChI=1S/C18H15ClN2O3/c1-3-16(22)24-21-14-7-6-13(19)9-12(14)10-15(21)18(23)17-11(2)5-4-8-20-17/h4-10H,3H2,1-2H3. The molecule has 0 N–H and O–H groups in total. The van der Waals surface area contributed by atoms with Crippen LogP contribution in [0.5, 0.6) is 0 Å². The molecular weight excluding hydrogens is 328 g/mol. The fraction of sp³-hybridized carbons (Fsp3) is 0.167. The van der Waals surface area contributed by atoms with Crippen molar-refractivity contribution in [2.75, 3.05) is 0 Å². The van der Waals surface area contributed by atoms with Crippen molar-refractivity contribution in [2.24, 2.45) is 0 Å². The first-order valence-corrected chi connectivity index (χ1v) is 7.87. The van der Waals surface area contributed by atoms with Crippen LogP contribution in [0.4, 0.5) is 0 Å². The van der Waals surface area contributed by atoms with E-state index in [1.165, 1.54) is 4.73 Å². The van der Waals surface area contributed by atoms with Gasteiger partial charge in [0.1, 0.15) is 11.4 Å². The van der Waals surface area contributed by atoms with Gasteiger partial charge in [0.2, 0.25) is 5.78 Å². The largest absolute Gasteiger partial charge is 0.336 e. The Balaban J connectivity index is 2.19. The van der Waals surface area contributed by atoms with Gasteiger partial charge in [0.15, 0.2) is 0 Å². The molecule has 0 aliphatic carbocycles. The van der Waals surface area contributed by atoms with Gasteiger partial charge in [0.05, 0.1) is 5.52 Å². The molecule has 0 aliphatic rings. The van der Waals surface area contributed by atoms with E-state index in [0.717, 1.165) is 5.56 Å². The predicted molar refractivity (Wildman–Crippen MR) is 91.2 cm³/mol. The Morgan fingerprint density at radius 3 is 2.75 bits per heavy atom. The second-order valence-electron chi connectivity index (χ2n) is 5.34. The first-order valence-electron chi connectivity index (χ1n) is 7.49. The molecule has 0 spiro atoms. The van der Waals surface area contributed by atoms with Gasteiger partial charge in [-0.2, -0.15) is 4.73 Å². The zero-order valence-electron chi connectivity index (χ0n) is 13.2. The van der Waals surface area contributed by atoms with E-state index in [-0.39, 0.29) is 17.9 Å². The lowest BCUT2D eigenvalue weighted by molar-refractivity contribution is -0.143. The quantitative estimate of drug-likeness (QED) is 0.680. The molecule has 0 amide bonds. The van der Waals surface area contributed by atoms with Crippen LogP contribution in [0.15, 0.2) is 42.6 Å². The summed E-state index contributed by atoms with van der Waals surface area (Å²) in [5.74, 6) is -0.751. The zero-order chi connectivity index (χ0) is 17.3. The number of benzene rings is 1. The van der Waals surface area contributed by atoms with E-state index in [9.17, 15) is 9.59 Å². The van der Waals surface area contributed by atoms with Crippen molar-refractivity contribution in [1.82, 2.24) is 9.71 Å². The van der Waals surface area contributed by atoms with E-state index in [0.29, 0.717) is 21.6 Å². The zero-order valence-corrected chi connectivity index (χ0v) is 14.0. The van der Waals surface area contributed by atoms with Crippen molar-refractivity contribution in [3.63, 3.8) is 0 Å². The van der Waals surface area contributed by atoms with Gasteiger partial charge in [-0.15, -0.1) is 0 Å². The smallest absolute Gasteiger partial charge is 0.332 e. The van der Waals surface area contributed by atoms with Gasteiger partial charge >= 0.3 is 5.97 Å². The molecule has 2 heterocycles. The van der Waals surface area contributed by atoms with E-state index in [2.05, 4.69) is 4.98 Å². The summed E-state index contributed by atoms with van der Waals surface area (Å²) in [4.78, 5) is 34.2. The highest BCUT2D eigenvalue weighted by Crippen LogP contribution is 2.25. The average Bonchev–Trinajstić information content (AvgIpc) is 2.92. The summed E-state index contributed by atoms with van der Waals surface area (Å²) in [5, 5.41) is 1.25. The number of aryl methyl sites for hydroxylation is 1. The Labute approximate surface area is 143 Å². The van der Waals surface area contributed by atoms with Crippen molar-refractivity contribution in [1.29, 1.82) is 0 Å². The predicted octanol–water partition coefficient (Wildman–Crippen LogP) is 3.59. The molecule has 0 fully saturated rings. The van der Waals surface area contributed by atoms with Crippen molar-refractivity contribution >= 4 is 34.3 Å². The Hall–Kier alpha value is -2.66. The van der Waals surface area contributed by atoms with Gasteiger partial charge in [0, 0.05) is 23.0 Å². The monoisotopic (exact) mass is 342 g/mol. The highest BCUT2D eigenvalue weighted by Gasteiger charge is 2.22. The third-order valence-corrected chi connectivity index (χ3v) is 3.89. The number of pyridine rings is 1. The molecule has 3 rings (SSSR count). The van der Waals surface area contributed by atoms with Crippen LogP contribution in [0.25, 0.3) is 10.9 Å². The molecule has 24 heavy (non-hydrogen) atoms. The normalized spacial score (nSPS) is 10.8. The molecule has 0 unspecified atom stereocenters. The number of carbonyl (C=O) groups is 2. The van der Waals surface area contributed by atoms with E-state index >= 15 is 0 Å². The summed E-state index contributed by atoms with van der Waals surface area (Å²) < 4.78 is 1.26. The van der Waals surface area contributed by atoms with E-state index in [1.807, 2.05) is 13.0 Å². The number of hydrogen-bond acceptors (Lipinski definition) is 4. The minimum Gasteiger partial charge on any atom is -0.336 e. The molecule has 0 radical (unpaired) electrons. The second kappa shape index (κ2) is 6.45. The maximum atomic E-state index is 12.9. The SMILES string of the molecule is CCC(=O)On1c(C(=O)c2ncccc2C)cc2cc(Cl)ccc21. The van der Waals surface area contributed by atoms with Crippen molar-refractivity contribution in [2.45, 2.75) is 20.3 Å². The van der Waals surface area contributed by atoms with Gasteiger partial charge in [-0.3, -0.25) is 9.78 Å². The summed E-state index contributed by atoms with van der Waals surface area (Å²) in [6, 6.07) is 10.3. The molecular formula is C18H15ClN2O3. The van der Waals surface area contributed by atoms with E-state index in [4.69, 9.17) is 16.4 Å². The third-order valence-electron chi connectivity index (χ3n) is 3.66. The summed E-state index contributed by atoms with van der Waals surface area (Å²) in [7, 11) is 0. The topological polar surface area (TPSA) is 61.2 Å². The van der Waals surface area contributed by atoms with Crippen molar-refractivity contribution in [3.8, 4) is 0 Å². The number of fused-ring (bicyclic) bond motifs is 1. The third kappa shape index (κ3) is 2.90. The summed E-state index contributed by atoms with van der Waals surface area (Å²) >= 11 is 6.02. The summed E-state index contributed by atoms with van der Waals surface area (Å²) in [6.45, 7) is 3.50. The molecule has 122 valence electrons. The van der Waals surface area contributed by atoms with Gasteiger partial charge in [-0.05, 0) is 42.8 Å². The molecule has 0 saturated heterocycles. The van der Waals surface area contributed by atoms with Gasteiger partial charge < -0.3 is 4.84 Å². The minimum absolute atomic E-state index is 0.198. The number of hydrogen-bond donors (Lipinski definition) is 0. The van der Waals surface area contributed by atoms with Crippen molar-refractivity contribution in [3.05, 3.63) is 64.6 Å². The fourth-order valence-corrected chi connectivity index (χ4v) is 2.61. The van der Waals surface area contributed by atoms with Crippen molar-refractivity contribution < 1.29 is 14.4 Å². The maximum absolute atomic E-state index is 12.9. The molecule has 0 bridgehead atoms. The Bertz CT molecular complexity index is 947. The second-order valence-corrected chi connectivity index (χ2v) is 5.78. The minimum atomic E-state index is -0.436. The van der Waals surface area contributed by atoms with Gasteiger partial charge in [-0.1, -0.05) is 24.6 Å². The number of nitrogens with zero attached hydrogens (tertiary/aromatic N) is 2. The average molecular weight is 343 g/mol. The molecule has 2 aromatic heterocycles. The Kier molecular flexibility index (Phi) is 4.36. The molecule has 6 heteroatoms. The highest BCUT2D eigenvalue weighted by molar-refractivity contribution is 6.31. The highest BCUT2D eigenvalue weighted by atomic mass is 35.5. The molecule has 5 nitrogen and oxygen atoms in total. The van der Waals surface area contributed by atoms with E-state index < -0.39 is 5.97 Å². The van der Waals surface area contributed by atoms with Gasteiger partial charge in [-0.25, -0.2) is 4.79 Å². The number of rotatable bonds is 4. The lowest BCUT2D eigenvalue weighted by Gasteiger charge is -2.10. The number of halogens is 1. The molecule has 0 saturated carbocycles. The van der Waals surface area contributed by atoms with E-state index in [1.54, 1.807) is 43.5 Å². The first-order chi connectivity index (χ1) is 11.5. The Morgan fingerprint density at radius 1 is 1.25 bits per heavy atom. The number of carbonyl (C=O) groups excluding carboxylic acids is 2. The van der Waals surface area contributed by atoms with Crippen LogP contribution >= 0.6 is 11.6 Å². The molecule has 3 aromatic rings. The summed E-state index contributed by atoms with van der Waals surface area (Å²) in [5.41, 5.74) is 1.90. The fourth-order valence-electron chi connectivity index (χ4n) is 2.43. The first kappa shape index (κ1) is 16.2. The van der Waals surface area contributed by atoms with Crippen LogP contribution in [0.1, 0.15) is 35.1 Å². The number of ketones is 1. The number of aromatic nitrogens is 2. The Morgan fingerprint density at radius 2 is 2.04 bits per heavy atom. The van der Waals surface area contributed by atoms with Crippen LogP contribution in [-0.4, -0.2) is 21.5 Å². The van der Waals surface area contributed by atoms with Crippen LogP contribution in [0.2, 0.25) is 5.02 Å².